The molecule has 0 saturated carbocycles. The largest absolute Gasteiger partial charge is 0.496 e. The highest BCUT2D eigenvalue weighted by Crippen LogP contribution is 2.21. The highest BCUT2D eigenvalue weighted by molar-refractivity contribution is 9.10. The number of fused-ring (bicyclic) bond motifs is 1. The van der Waals surface area contributed by atoms with Crippen LogP contribution in [-0.4, -0.2) is 32.4 Å². The number of nitrogens with zero attached hydrogens (tertiary/aromatic N) is 4. The van der Waals surface area contributed by atoms with Crippen LogP contribution in [0, 0.1) is 0 Å². The van der Waals surface area contributed by atoms with E-state index in [0.717, 1.165) is 16.5 Å². The first kappa shape index (κ1) is 18.9. The second kappa shape index (κ2) is 7.78. The molecule has 9 nitrogen and oxygen atoms in total. The number of rotatable bonds is 6. The monoisotopic (exact) mass is 434 g/mol. The molecule has 0 atom stereocenters. The summed E-state index contributed by atoms with van der Waals surface area (Å²) in [6.07, 6.45) is 2.38. The van der Waals surface area contributed by atoms with Crippen LogP contribution in [0.3, 0.4) is 0 Å². The molecule has 0 unspecified atom stereocenters. The van der Waals surface area contributed by atoms with Crippen LogP contribution in [0.5, 0.6) is 5.75 Å². The summed E-state index contributed by atoms with van der Waals surface area (Å²) in [5.41, 5.74) is 3.28. The SMILES string of the molecule is CCCn1c(NN=Cc2cc(Br)ccc2OC)nc2c1c(=O)[nH]c(=O)n2C. The van der Waals surface area contributed by atoms with Crippen molar-refractivity contribution in [2.45, 2.75) is 19.9 Å². The van der Waals surface area contributed by atoms with Crippen LogP contribution in [0.25, 0.3) is 11.2 Å². The van der Waals surface area contributed by atoms with E-state index in [2.05, 4.69) is 36.4 Å². The summed E-state index contributed by atoms with van der Waals surface area (Å²) in [6.45, 7) is 2.54. The van der Waals surface area contributed by atoms with Crippen LogP contribution in [0.1, 0.15) is 18.9 Å². The topological polar surface area (TPSA) is 106 Å². The number of ether oxygens (including phenoxy) is 1. The van der Waals surface area contributed by atoms with Gasteiger partial charge >= 0.3 is 5.69 Å². The van der Waals surface area contributed by atoms with Crippen LogP contribution in [0.4, 0.5) is 5.95 Å². The lowest BCUT2D eigenvalue weighted by molar-refractivity contribution is 0.414. The van der Waals surface area contributed by atoms with Gasteiger partial charge in [0.1, 0.15) is 5.75 Å². The number of imidazole rings is 1. The first-order chi connectivity index (χ1) is 13.0. The van der Waals surface area contributed by atoms with Crippen LogP contribution in [0.15, 0.2) is 37.4 Å². The first-order valence-electron chi connectivity index (χ1n) is 8.28. The molecular weight excluding hydrogens is 416 g/mol. The molecule has 0 amide bonds. The Labute approximate surface area is 162 Å². The smallest absolute Gasteiger partial charge is 0.329 e. The van der Waals surface area contributed by atoms with E-state index in [1.807, 2.05) is 25.1 Å². The molecule has 2 aromatic heterocycles. The van der Waals surface area contributed by atoms with E-state index in [0.29, 0.717) is 29.4 Å². The summed E-state index contributed by atoms with van der Waals surface area (Å²) in [6, 6.07) is 5.57. The normalized spacial score (nSPS) is 11.4. The third kappa shape index (κ3) is 3.65. The molecule has 0 aliphatic heterocycles. The lowest BCUT2D eigenvalue weighted by Crippen LogP contribution is -2.29. The lowest BCUT2D eigenvalue weighted by atomic mass is 10.2. The predicted molar refractivity (Wildman–Crippen MR) is 108 cm³/mol. The minimum Gasteiger partial charge on any atom is -0.496 e. The highest BCUT2D eigenvalue weighted by Gasteiger charge is 2.16. The molecule has 0 aliphatic rings. The summed E-state index contributed by atoms with van der Waals surface area (Å²) in [5.74, 6) is 1.05. The van der Waals surface area contributed by atoms with Crippen molar-refractivity contribution in [2.75, 3.05) is 12.5 Å². The fourth-order valence-electron chi connectivity index (χ4n) is 2.73. The lowest BCUT2D eigenvalue weighted by Gasteiger charge is -2.07. The molecule has 0 bridgehead atoms. The van der Waals surface area contributed by atoms with Gasteiger partial charge in [-0.25, -0.2) is 10.2 Å². The van der Waals surface area contributed by atoms with Gasteiger partial charge in [0.15, 0.2) is 11.2 Å². The Balaban J connectivity index is 2.02. The summed E-state index contributed by atoms with van der Waals surface area (Å²) >= 11 is 3.42. The van der Waals surface area contributed by atoms with Gasteiger partial charge in [-0.1, -0.05) is 22.9 Å². The van der Waals surface area contributed by atoms with E-state index in [-0.39, 0.29) is 0 Å². The van der Waals surface area contributed by atoms with Crippen molar-refractivity contribution >= 4 is 39.3 Å². The van der Waals surface area contributed by atoms with Gasteiger partial charge < -0.3 is 9.30 Å². The van der Waals surface area contributed by atoms with Crippen LogP contribution >= 0.6 is 15.9 Å². The standard InChI is InChI=1S/C17H19BrN6O3/c1-4-7-24-13-14(23(2)17(26)21-15(13)25)20-16(24)22-19-9-10-8-11(18)5-6-12(10)27-3/h5-6,8-9H,4,7H2,1-3H3,(H,20,22)(H,21,25,26). The average Bonchev–Trinajstić information content (AvgIpc) is 2.99. The Hall–Kier alpha value is -2.88. The number of hydrogen-bond donors (Lipinski definition) is 2. The molecule has 10 heteroatoms. The predicted octanol–water partition coefficient (Wildman–Crippen LogP) is 2.05. The van der Waals surface area contributed by atoms with Gasteiger partial charge in [0.2, 0.25) is 5.95 Å². The zero-order valence-corrected chi connectivity index (χ0v) is 16.7. The second-order valence-electron chi connectivity index (χ2n) is 5.83. The number of halogens is 1. The minimum atomic E-state index is -0.512. The summed E-state index contributed by atoms with van der Waals surface area (Å²) in [4.78, 5) is 30.8. The maximum absolute atomic E-state index is 12.3. The zero-order chi connectivity index (χ0) is 19.6. The average molecular weight is 435 g/mol. The van der Waals surface area contributed by atoms with Crippen molar-refractivity contribution in [3.63, 3.8) is 0 Å². The van der Waals surface area contributed by atoms with Gasteiger partial charge in [0.25, 0.3) is 5.56 Å². The van der Waals surface area contributed by atoms with Crippen molar-refractivity contribution in [3.05, 3.63) is 49.1 Å². The van der Waals surface area contributed by atoms with Crippen LogP contribution < -0.4 is 21.4 Å². The molecule has 2 heterocycles. The van der Waals surface area contributed by atoms with E-state index >= 15 is 0 Å². The number of hydrazone groups is 1. The molecule has 0 fully saturated rings. The number of H-pyrrole nitrogens is 1. The quantitative estimate of drug-likeness (QED) is 0.456. The van der Waals surface area contributed by atoms with E-state index in [4.69, 9.17) is 4.74 Å². The third-order valence-electron chi connectivity index (χ3n) is 4.01. The van der Waals surface area contributed by atoms with E-state index < -0.39 is 11.2 Å². The molecule has 3 aromatic rings. The van der Waals surface area contributed by atoms with Gasteiger partial charge in [-0.3, -0.25) is 14.3 Å². The number of nitrogens with one attached hydrogen (secondary N) is 2. The second-order valence-corrected chi connectivity index (χ2v) is 6.75. The molecule has 0 radical (unpaired) electrons. The van der Waals surface area contributed by atoms with E-state index in [1.54, 1.807) is 24.9 Å². The number of aryl methyl sites for hydroxylation is 2. The maximum Gasteiger partial charge on any atom is 0.329 e. The molecule has 142 valence electrons. The number of aromatic amines is 1. The van der Waals surface area contributed by atoms with Gasteiger partial charge in [0, 0.05) is 23.6 Å². The molecule has 0 saturated heterocycles. The van der Waals surface area contributed by atoms with Gasteiger partial charge in [-0.15, -0.1) is 0 Å². The van der Waals surface area contributed by atoms with Crippen molar-refractivity contribution in [2.24, 2.45) is 12.1 Å². The molecule has 1 aromatic carbocycles. The van der Waals surface area contributed by atoms with Crippen molar-refractivity contribution in [3.8, 4) is 5.75 Å². The minimum absolute atomic E-state index is 0.301. The Morgan fingerprint density at radius 2 is 2.19 bits per heavy atom. The molecule has 2 N–H and O–H groups in total. The number of aromatic nitrogens is 4. The van der Waals surface area contributed by atoms with Crippen molar-refractivity contribution < 1.29 is 4.74 Å². The summed E-state index contributed by atoms with van der Waals surface area (Å²) in [5, 5.41) is 4.22. The zero-order valence-electron chi connectivity index (χ0n) is 15.1. The van der Waals surface area contributed by atoms with E-state index in [1.165, 1.54) is 4.57 Å². The summed E-state index contributed by atoms with van der Waals surface area (Å²) in [7, 11) is 3.14. The highest BCUT2D eigenvalue weighted by atomic mass is 79.9. The van der Waals surface area contributed by atoms with Gasteiger partial charge in [0.05, 0.1) is 13.3 Å². The fraction of sp³-hybridized carbons (Fsp3) is 0.294. The molecule has 0 aliphatic carbocycles. The Bertz CT molecular complexity index is 1130. The Morgan fingerprint density at radius 3 is 2.89 bits per heavy atom. The molecule has 27 heavy (non-hydrogen) atoms. The maximum atomic E-state index is 12.3. The third-order valence-corrected chi connectivity index (χ3v) is 4.51. The number of benzene rings is 1. The number of hydrogen-bond acceptors (Lipinski definition) is 6. The van der Waals surface area contributed by atoms with Gasteiger partial charge in [-0.2, -0.15) is 10.1 Å². The molecule has 3 rings (SSSR count). The van der Waals surface area contributed by atoms with Crippen molar-refractivity contribution in [1.82, 2.24) is 19.1 Å². The van der Waals surface area contributed by atoms with Gasteiger partial charge in [-0.05, 0) is 24.6 Å². The number of methoxy groups -OCH3 is 1. The number of anilines is 1. The fourth-order valence-corrected chi connectivity index (χ4v) is 3.11. The Morgan fingerprint density at radius 1 is 1.41 bits per heavy atom. The molecule has 0 spiro atoms. The molecular formula is C17H19BrN6O3. The van der Waals surface area contributed by atoms with Crippen LogP contribution in [-0.2, 0) is 13.6 Å². The summed E-state index contributed by atoms with van der Waals surface area (Å²) < 4.78 is 9.22. The van der Waals surface area contributed by atoms with Crippen molar-refractivity contribution in [1.29, 1.82) is 0 Å². The van der Waals surface area contributed by atoms with Crippen LogP contribution in [0.2, 0.25) is 0 Å². The first-order valence-corrected chi connectivity index (χ1v) is 9.07. The Kier molecular flexibility index (Phi) is 5.45. The van der Waals surface area contributed by atoms with E-state index in [9.17, 15) is 9.59 Å².